The van der Waals surface area contributed by atoms with Gasteiger partial charge in [0.05, 0.1) is 10.6 Å². The van der Waals surface area contributed by atoms with Crippen molar-refractivity contribution >= 4 is 33.7 Å². The minimum absolute atomic E-state index is 0.0213. The Kier molecular flexibility index (Phi) is 4.16. The molecule has 0 radical (unpaired) electrons. The van der Waals surface area contributed by atoms with Crippen molar-refractivity contribution in [1.29, 1.82) is 0 Å². The second kappa shape index (κ2) is 5.37. The van der Waals surface area contributed by atoms with Crippen LogP contribution < -0.4 is 10.6 Å². The highest BCUT2D eigenvalue weighted by Crippen LogP contribution is 2.36. The lowest BCUT2D eigenvalue weighted by Crippen LogP contribution is -2.37. The number of piperidine rings is 1. The molecule has 1 fully saturated rings. The minimum Gasteiger partial charge on any atom is -0.389 e. The highest BCUT2D eigenvalue weighted by molar-refractivity contribution is 7.81. The molecule has 0 bridgehead atoms. The second-order valence-corrected chi connectivity index (χ2v) is 7.74. The SMILES string of the molecule is CC1CCCCN1c1nc(C(C)(C)C)c(C(N)=S)s1. The molecule has 1 unspecified atom stereocenters. The molecule has 1 aliphatic heterocycles. The molecule has 0 aliphatic carbocycles. The Morgan fingerprint density at radius 2 is 2.11 bits per heavy atom. The maximum atomic E-state index is 5.87. The van der Waals surface area contributed by atoms with Crippen LogP contribution in [0.2, 0.25) is 0 Å². The molecule has 1 aromatic heterocycles. The molecule has 2 N–H and O–H groups in total. The summed E-state index contributed by atoms with van der Waals surface area (Å²) in [5.74, 6) is 0. The lowest BCUT2D eigenvalue weighted by molar-refractivity contribution is 0.482. The van der Waals surface area contributed by atoms with Crippen LogP contribution in [0.1, 0.15) is 57.5 Å². The molecule has 3 nitrogen and oxygen atoms in total. The molecule has 5 heteroatoms. The van der Waals surface area contributed by atoms with E-state index in [1.807, 2.05) is 0 Å². The average molecular weight is 297 g/mol. The van der Waals surface area contributed by atoms with Gasteiger partial charge < -0.3 is 10.6 Å². The van der Waals surface area contributed by atoms with Crippen LogP contribution in [-0.4, -0.2) is 22.6 Å². The van der Waals surface area contributed by atoms with Crippen molar-refractivity contribution in [3.05, 3.63) is 10.6 Å². The van der Waals surface area contributed by atoms with Gasteiger partial charge in [-0.05, 0) is 26.2 Å². The van der Waals surface area contributed by atoms with E-state index in [4.69, 9.17) is 22.9 Å². The number of rotatable bonds is 2. The first-order valence-corrected chi connectivity index (χ1v) is 8.11. The van der Waals surface area contributed by atoms with Crippen LogP contribution in [0.15, 0.2) is 0 Å². The van der Waals surface area contributed by atoms with Gasteiger partial charge in [0.1, 0.15) is 4.99 Å². The number of hydrogen-bond acceptors (Lipinski definition) is 4. The zero-order chi connectivity index (χ0) is 14.2. The van der Waals surface area contributed by atoms with Gasteiger partial charge in [0.15, 0.2) is 5.13 Å². The average Bonchev–Trinajstić information content (AvgIpc) is 2.74. The van der Waals surface area contributed by atoms with E-state index in [1.54, 1.807) is 11.3 Å². The number of hydrogen-bond donors (Lipinski definition) is 1. The summed E-state index contributed by atoms with van der Waals surface area (Å²) in [7, 11) is 0. The fraction of sp³-hybridized carbons (Fsp3) is 0.714. The largest absolute Gasteiger partial charge is 0.389 e. The van der Waals surface area contributed by atoms with Crippen LogP contribution in [0.3, 0.4) is 0 Å². The quantitative estimate of drug-likeness (QED) is 0.849. The maximum absolute atomic E-state index is 5.87. The van der Waals surface area contributed by atoms with Crippen LogP contribution in [0.4, 0.5) is 5.13 Å². The van der Waals surface area contributed by atoms with Gasteiger partial charge in [-0.3, -0.25) is 0 Å². The standard InChI is InChI=1S/C14H23N3S2/c1-9-7-5-6-8-17(9)13-16-11(14(2,3)4)10(19-13)12(15)18/h9H,5-8H2,1-4H3,(H2,15,18). The van der Waals surface area contributed by atoms with Crippen LogP contribution in [0.25, 0.3) is 0 Å². The van der Waals surface area contributed by atoms with Gasteiger partial charge in [-0.1, -0.05) is 44.3 Å². The highest BCUT2D eigenvalue weighted by atomic mass is 32.1. The van der Waals surface area contributed by atoms with E-state index in [0.29, 0.717) is 11.0 Å². The monoisotopic (exact) mass is 297 g/mol. The first-order valence-electron chi connectivity index (χ1n) is 6.88. The van der Waals surface area contributed by atoms with E-state index in [-0.39, 0.29) is 5.41 Å². The molecule has 1 aliphatic rings. The predicted molar refractivity (Wildman–Crippen MR) is 87.4 cm³/mol. The lowest BCUT2D eigenvalue weighted by Gasteiger charge is -2.33. The molecule has 0 saturated carbocycles. The molecule has 19 heavy (non-hydrogen) atoms. The van der Waals surface area contributed by atoms with E-state index in [9.17, 15) is 0 Å². The normalized spacial score (nSPS) is 20.6. The summed E-state index contributed by atoms with van der Waals surface area (Å²) in [5, 5.41) is 1.08. The Morgan fingerprint density at radius 1 is 1.42 bits per heavy atom. The zero-order valence-corrected chi connectivity index (χ0v) is 13.8. The molecular weight excluding hydrogens is 274 g/mol. The Labute approximate surface area is 125 Å². The fourth-order valence-corrected chi connectivity index (χ4v) is 3.97. The molecule has 0 amide bonds. The summed E-state index contributed by atoms with van der Waals surface area (Å²) in [6, 6.07) is 0.562. The second-order valence-electron chi connectivity index (χ2n) is 6.33. The summed E-state index contributed by atoms with van der Waals surface area (Å²) < 4.78 is 0. The molecular formula is C14H23N3S2. The van der Waals surface area contributed by atoms with Gasteiger partial charge in [0.2, 0.25) is 0 Å². The molecule has 106 valence electrons. The molecule has 1 saturated heterocycles. The van der Waals surface area contributed by atoms with E-state index < -0.39 is 0 Å². The van der Waals surface area contributed by atoms with Crippen molar-refractivity contribution in [3.63, 3.8) is 0 Å². The van der Waals surface area contributed by atoms with Crippen LogP contribution in [0.5, 0.6) is 0 Å². The zero-order valence-electron chi connectivity index (χ0n) is 12.2. The third-order valence-corrected chi connectivity index (χ3v) is 5.06. The molecule has 1 aromatic rings. The third-order valence-electron chi connectivity index (χ3n) is 3.60. The van der Waals surface area contributed by atoms with Gasteiger partial charge >= 0.3 is 0 Å². The fourth-order valence-electron chi connectivity index (χ4n) is 2.49. The number of thiocarbonyl (C=S) groups is 1. The van der Waals surface area contributed by atoms with Crippen LogP contribution >= 0.6 is 23.6 Å². The summed E-state index contributed by atoms with van der Waals surface area (Å²) in [6.07, 6.45) is 3.81. The van der Waals surface area contributed by atoms with Gasteiger partial charge in [-0.15, -0.1) is 0 Å². The van der Waals surface area contributed by atoms with Crippen molar-refractivity contribution < 1.29 is 0 Å². The summed E-state index contributed by atoms with van der Waals surface area (Å²) in [5.41, 5.74) is 6.89. The third kappa shape index (κ3) is 3.08. The van der Waals surface area contributed by atoms with Crippen molar-refractivity contribution in [3.8, 4) is 0 Å². The van der Waals surface area contributed by atoms with Crippen LogP contribution in [-0.2, 0) is 5.41 Å². The van der Waals surface area contributed by atoms with Gasteiger partial charge in [0, 0.05) is 18.0 Å². The van der Waals surface area contributed by atoms with Gasteiger partial charge in [-0.25, -0.2) is 4.98 Å². The lowest BCUT2D eigenvalue weighted by atomic mass is 9.91. The van der Waals surface area contributed by atoms with Crippen LogP contribution in [0, 0.1) is 0 Å². The van der Waals surface area contributed by atoms with E-state index in [1.165, 1.54) is 19.3 Å². The number of thiazole rings is 1. The van der Waals surface area contributed by atoms with E-state index in [2.05, 4.69) is 32.6 Å². The van der Waals surface area contributed by atoms with E-state index in [0.717, 1.165) is 22.2 Å². The highest BCUT2D eigenvalue weighted by Gasteiger charge is 2.28. The van der Waals surface area contributed by atoms with E-state index >= 15 is 0 Å². The Balaban J connectivity index is 2.40. The molecule has 0 spiro atoms. The molecule has 2 rings (SSSR count). The molecule has 1 atom stereocenters. The minimum atomic E-state index is -0.0213. The van der Waals surface area contributed by atoms with Crippen molar-refractivity contribution in [2.45, 2.75) is 58.4 Å². The molecule has 0 aromatic carbocycles. The Hall–Kier alpha value is -0.680. The number of aromatic nitrogens is 1. The topological polar surface area (TPSA) is 42.2 Å². The smallest absolute Gasteiger partial charge is 0.186 e. The number of nitrogens with two attached hydrogens (primary N) is 1. The number of nitrogens with zero attached hydrogens (tertiary/aromatic N) is 2. The predicted octanol–water partition coefficient (Wildman–Crippen LogP) is 3.45. The first-order chi connectivity index (χ1) is 8.80. The summed E-state index contributed by atoms with van der Waals surface area (Å²) in [4.78, 5) is 8.71. The Morgan fingerprint density at radius 3 is 2.58 bits per heavy atom. The Bertz CT molecular complexity index is 474. The van der Waals surface area contributed by atoms with Gasteiger partial charge in [-0.2, -0.15) is 0 Å². The number of anilines is 1. The molecule has 2 heterocycles. The summed E-state index contributed by atoms with van der Waals surface area (Å²) >= 11 is 6.85. The summed E-state index contributed by atoms with van der Waals surface area (Å²) in [6.45, 7) is 9.85. The maximum Gasteiger partial charge on any atom is 0.186 e. The van der Waals surface area contributed by atoms with Crippen molar-refractivity contribution in [2.24, 2.45) is 5.73 Å². The van der Waals surface area contributed by atoms with Crippen molar-refractivity contribution in [2.75, 3.05) is 11.4 Å². The van der Waals surface area contributed by atoms with Gasteiger partial charge in [0.25, 0.3) is 0 Å². The first kappa shape index (κ1) is 14.7. The van der Waals surface area contributed by atoms with Crippen molar-refractivity contribution in [1.82, 2.24) is 4.98 Å².